The number of hydrogen-bond acceptors (Lipinski definition) is 5. The molecule has 1 fully saturated rings. The summed E-state index contributed by atoms with van der Waals surface area (Å²) in [5, 5.41) is 9.83. The fourth-order valence-corrected chi connectivity index (χ4v) is 2.18. The van der Waals surface area contributed by atoms with Gasteiger partial charge in [0, 0.05) is 30.5 Å². The Kier molecular flexibility index (Phi) is 3.33. The Hall–Kier alpha value is -0.940. The van der Waals surface area contributed by atoms with Crippen LogP contribution in [0.25, 0.3) is 0 Å². The molecular weight excluding hydrogens is 210 g/mol. The highest BCUT2D eigenvalue weighted by Gasteiger charge is 2.28. The van der Waals surface area contributed by atoms with Crippen molar-refractivity contribution < 1.29 is 5.11 Å². The molecule has 5 heteroatoms. The number of anilines is 1. The van der Waals surface area contributed by atoms with Gasteiger partial charge in [0.2, 0.25) is 5.13 Å². The van der Waals surface area contributed by atoms with Crippen molar-refractivity contribution in [2.45, 2.75) is 18.8 Å². The minimum absolute atomic E-state index is 0.131. The number of aliphatic hydroxyl groups excluding tert-OH is 1. The molecule has 0 aromatic carbocycles. The summed E-state index contributed by atoms with van der Waals surface area (Å²) in [6.07, 6.45) is 4.25. The van der Waals surface area contributed by atoms with Crippen LogP contribution in [0.3, 0.4) is 0 Å². The highest BCUT2D eigenvalue weighted by Crippen LogP contribution is 2.39. The molecular formula is C10H15N3OS. The third-order valence-corrected chi connectivity index (χ3v) is 3.15. The zero-order chi connectivity index (χ0) is 10.7. The van der Waals surface area contributed by atoms with Gasteiger partial charge < -0.3 is 10.0 Å². The summed E-state index contributed by atoms with van der Waals surface area (Å²) in [6, 6.07) is 0. The predicted molar refractivity (Wildman–Crippen MR) is 61.4 cm³/mol. The van der Waals surface area contributed by atoms with Crippen LogP contribution in [0.1, 0.15) is 24.6 Å². The molecule has 0 saturated heterocycles. The van der Waals surface area contributed by atoms with Gasteiger partial charge in [-0.25, -0.2) is 4.98 Å². The molecule has 0 amide bonds. The molecule has 1 aliphatic carbocycles. The Morgan fingerprint density at radius 3 is 3.00 bits per heavy atom. The smallest absolute Gasteiger partial charge is 0.205 e. The van der Waals surface area contributed by atoms with Gasteiger partial charge in [0.05, 0.1) is 6.61 Å². The molecule has 0 radical (unpaired) electrons. The van der Waals surface area contributed by atoms with Crippen molar-refractivity contribution in [3.8, 4) is 0 Å². The van der Waals surface area contributed by atoms with E-state index in [-0.39, 0.29) is 6.61 Å². The number of aromatic nitrogens is 2. The van der Waals surface area contributed by atoms with Gasteiger partial charge in [0.25, 0.3) is 0 Å². The van der Waals surface area contributed by atoms with Crippen LogP contribution >= 0.6 is 11.5 Å². The molecule has 0 atom stereocenters. The Morgan fingerprint density at radius 2 is 2.40 bits per heavy atom. The molecule has 1 aromatic rings. The van der Waals surface area contributed by atoms with E-state index in [1.165, 1.54) is 24.4 Å². The predicted octanol–water partition coefficient (Wildman–Crippen LogP) is 1.40. The minimum Gasteiger partial charge on any atom is -0.395 e. The van der Waals surface area contributed by atoms with Gasteiger partial charge in [0.1, 0.15) is 5.82 Å². The average Bonchev–Trinajstić information content (AvgIpc) is 2.97. The average molecular weight is 225 g/mol. The number of hydrogen-bond donors (Lipinski definition) is 1. The molecule has 4 nitrogen and oxygen atoms in total. The summed E-state index contributed by atoms with van der Waals surface area (Å²) in [5.41, 5.74) is 0. The molecule has 0 spiro atoms. The maximum absolute atomic E-state index is 8.93. The molecule has 1 heterocycles. The van der Waals surface area contributed by atoms with E-state index in [1.807, 2.05) is 11.0 Å². The monoisotopic (exact) mass is 225 g/mol. The largest absolute Gasteiger partial charge is 0.395 e. The molecule has 0 aliphatic heterocycles. The summed E-state index contributed by atoms with van der Waals surface area (Å²) < 4.78 is 4.34. The van der Waals surface area contributed by atoms with Crippen LogP contribution in [-0.2, 0) is 0 Å². The molecule has 1 saturated carbocycles. The van der Waals surface area contributed by atoms with Crippen LogP contribution in [0.4, 0.5) is 5.13 Å². The van der Waals surface area contributed by atoms with Gasteiger partial charge in [-0.3, -0.25) is 0 Å². The number of nitrogens with zero attached hydrogens (tertiary/aromatic N) is 3. The Labute approximate surface area is 93.4 Å². The van der Waals surface area contributed by atoms with Crippen LogP contribution in [-0.4, -0.2) is 34.2 Å². The SMILES string of the molecule is C=CCN(CCO)c1nc(C2CC2)ns1. The lowest BCUT2D eigenvalue weighted by atomic mass is 10.4. The fourth-order valence-electron chi connectivity index (χ4n) is 1.40. The number of aliphatic hydroxyl groups is 1. The Balaban J connectivity index is 2.06. The van der Waals surface area contributed by atoms with E-state index in [4.69, 9.17) is 5.11 Å². The van der Waals surface area contributed by atoms with Crippen molar-refractivity contribution in [2.75, 3.05) is 24.6 Å². The number of rotatable bonds is 6. The topological polar surface area (TPSA) is 49.2 Å². The molecule has 82 valence electrons. The summed E-state index contributed by atoms with van der Waals surface area (Å²) in [4.78, 5) is 6.48. The van der Waals surface area contributed by atoms with Gasteiger partial charge in [0.15, 0.2) is 0 Å². The molecule has 0 bridgehead atoms. The van der Waals surface area contributed by atoms with Crippen molar-refractivity contribution in [1.29, 1.82) is 0 Å². The van der Waals surface area contributed by atoms with E-state index in [0.717, 1.165) is 11.0 Å². The summed E-state index contributed by atoms with van der Waals surface area (Å²) >= 11 is 1.41. The quantitative estimate of drug-likeness (QED) is 0.743. The zero-order valence-electron chi connectivity index (χ0n) is 8.59. The van der Waals surface area contributed by atoms with E-state index in [2.05, 4.69) is 15.9 Å². The van der Waals surface area contributed by atoms with Gasteiger partial charge in [-0.15, -0.1) is 6.58 Å². The van der Waals surface area contributed by atoms with Gasteiger partial charge >= 0.3 is 0 Å². The normalized spacial score (nSPS) is 15.3. The van der Waals surface area contributed by atoms with Crippen molar-refractivity contribution >= 4 is 16.7 Å². The van der Waals surface area contributed by atoms with Crippen LogP contribution in [0.15, 0.2) is 12.7 Å². The second-order valence-corrected chi connectivity index (χ2v) is 4.40. The molecule has 15 heavy (non-hydrogen) atoms. The lowest BCUT2D eigenvalue weighted by molar-refractivity contribution is 0.303. The molecule has 1 aliphatic rings. The summed E-state index contributed by atoms with van der Waals surface area (Å²) in [6.45, 7) is 5.12. The second kappa shape index (κ2) is 4.72. The van der Waals surface area contributed by atoms with Gasteiger partial charge in [-0.2, -0.15) is 4.37 Å². The molecule has 1 N–H and O–H groups in total. The van der Waals surface area contributed by atoms with E-state index in [0.29, 0.717) is 19.0 Å². The maximum Gasteiger partial charge on any atom is 0.205 e. The first kappa shape index (κ1) is 10.6. The third kappa shape index (κ3) is 2.54. The molecule has 2 rings (SSSR count). The van der Waals surface area contributed by atoms with E-state index >= 15 is 0 Å². The van der Waals surface area contributed by atoms with E-state index in [9.17, 15) is 0 Å². The highest BCUT2D eigenvalue weighted by molar-refractivity contribution is 7.09. The first-order chi connectivity index (χ1) is 7.35. The summed E-state index contributed by atoms with van der Waals surface area (Å²) in [7, 11) is 0. The van der Waals surface area contributed by atoms with Gasteiger partial charge in [-0.05, 0) is 12.8 Å². The second-order valence-electron chi connectivity index (χ2n) is 3.67. The van der Waals surface area contributed by atoms with Crippen LogP contribution < -0.4 is 4.90 Å². The molecule has 0 unspecified atom stereocenters. The minimum atomic E-state index is 0.131. The van der Waals surface area contributed by atoms with E-state index < -0.39 is 0 Å². The Morgan fingerprint density at radius 1 is 1.60 bits per heavy atom. The van der Waals surface area contributed by atoms with E-state index in [1.54, 1.807) is 0 Å². The van der Waals surface area contributed by atoms with Crippen LogP contribution in [0.5, 0.6) is 0 Å². The van der Waals surface area contributed by atoms with Crippen molar-refractivity contribution in [2.24, 2.45) is 0 Å². The highest BCUT2D eigenvalue weighted by atomic mass is 32.1. The van der Waals surface area contributed by atoms with Gasteiger partial charge in [-0.1, -0.05) is 6.08 Å². The zero-order valence-corrected chi connectivity index (χ0v) is 9.41. The van der Waals surface area contributed by atoms with Crippen LogP contribution in [0, 0.1) is 0 Å². The standard InChI is InChI=1S/C10H15N3OS/c1-2-5-13(6-7-14)10-11-9(12-15-10)8-3-4-8/h2,8,14H,1,3-7H2. The third-order valence-electron chi connectivity index (χ3n) is 2.36. The summed E-state index contributed by atoms with van der Waals surface area (Å²) in [5.74, 6) is 1.57. The first-order valence-corrected chi connectivity index (χ1v) is 5.92. The maximum atomic E-state index is 8.93. The van der Waals surface area contributed by atoms with Crippen molar-refractivity contribution in [1.82, 2.24) is 9.36 Å². The Bertz CT molecular complexity index is 335. The lowest BCUT2D eigenvalue weighted by Gasteiger charge is -2.17. The van der Waals surface area contributed by atoms with Crippen LogP contribution in [0.2, 0.25) is 0 Å². The van der Waals surface area contributed by atoms with Crippen molar-refractivity contribution in [3.63, 3.8) is 0 Å². The first-order valence-electron chi connectivity index (χ1n) is 5.15. The fraction of sp³-hybridized carbons (Fsp3) is 0.600. The lowest BCUT2D eigenvalue weighted by Crippen LogP contribution is -2.26. The molecule has 1 aromatic heterocycles. The van der Waals surface area contributed by atoms with Crippen molar-refractivity contribution in [3.05, 3.63) is 18.5 Å².